The van der Waals surface area contributed by atoms with Gasteiger partial charge in [-0.1, -0.05) is 36.4 Å². The van der Waals surface area contributed by atoms with E-state index in [2.05, 4.69) is 6.08 Å². The zero-order chi connectivity index (χ0) is 19.6. The lowest BCUT2D eigenvalue weighted by molar-refractivity contribution is -0.0578. The number of hydrogen-bond donors (Lipinski definition) is 0. The van der Waals surface area contributed by atoms with Crippen molar-refractivity contribution in [2.45, 2.75) is 19.3 Å². The first-order valence-electron chi connectivity index (χ1n) is 9.48. The molecule has 0 bridgehead atoms. The summed E-state index contributed by atoms with van der Waals surface area (Å²) in [5.41, 5.74) is 2.23. The van der Waals surface area contributed by atoms with Crippen molar-refractivity contribution in [3.63, 3.8) is 0 Å². The van der Waals surface area contributed by atoms with E-state index in [0.717, 1.165) is 22.6 Å². The molecule has 0 unspecified atom stereocenters. The van der Waals surface area contributed by atoms with Crippen molar-refractivity contribution in [2.24, 2.45) is 5.92 Å². The van der Waals surface area contributed by atoms with Gasteiger partial charge in [-0.05, 0) is 35.4 Å². The quantitative estimate of drug-likeness (QED) is 0.579. The highest BCUT2D eigenvalue weighted by Crippen LogP contribution is 2.19. The molecule has 0 saturated heterocycles. The third kappa shape index (κ3) is 6.09. The molecule has 0 aliphatic carbocycles. The van der Waals surface area contributed by atoms with E-state index in [9.17, 15) is 0 Å². The lowest BCUT2D eigenvalue weighted by Gasteiger charge is -2.27. The van der Waals surface area contributed by atoms with Gasteiger partial charge < -0.3 is 23.7 Å². The fraction of sp³-hybridized carbons (Fsp3) is 0.391. The highest BCUT2D eigenvalue weighted by atomic mass is 16.5. The highest BCUT2D eigenvalue weighted by molar-refractivity contribution is 5.27. The topological polar surface area (TPSA) is 46.2 Å². The minimum Gasteiger partial charge on any atom is -0.497 e. The number of benzene rings is 2. The summed E-state index contributed by atoms with van der Waals surface area (Å²) in [6.45, 7) is 2.86. The minimum atomic E-state index is -0.000819. The molecule has 3 rings (SSSR count). The second kappa shape index (κ2) is 10.9. The van der Waals surface area contributed by atoms with Gasteiger partial charge in [0.25, 0.3) is 0 Å². The van der Waals surface area contributed by atoms with Crippen LogP contribution in [0.4, 0.5) is 0 Å². The van der Waals surface area contributed by atoms with E-state index < -0.39 is 0 Å². The average molecular weight is 384 g/mol. The number of methoxy groups -OCH3 is 2. The van der Waals surface area contributed by atoms with E-state index in [1.807, 2.05) is 54.6 Å². The van der Waals surface area contributed by atoms with Gasteiger partial charge in [0.15, 0.2) is 0 Å². The van der Waals surface area contributed by atoms with Crippen LogP contribution < -0.4 is 9.47 Å². The highest BCUT2D eigenvalue weighted by Gasteiger charge is 2.23. The molecule has 5 heteroatoms. The summed E-state index contributed by atoms with van der Waals surface area (Å²) in [4.78, 5) is 0. The van der Waals surface area contributed by atoms with Gasteiger partial charge in [0.05, 0.1) is 53.4 Å². The smallest absolute Gasteiger partial charge is 0.118 e. The molecule has 0 spiro atoms. The molecule has 5 nitrogen and oxygen atoms in total. The first-order chi connectivity index (χ1) is 13.8. The van der Waals surface area contributed by atoms with Crippen molar-refractivity contribution in [2.75, 3.05) is 34.0 Å². The maximum Gasteiger partial charge on any atom is 0.118 e. The van der Waals surface area contributed by atoms with Crippen molar-refractivity contribution in [3.05, 3.63) is 71.8 Å². The Morgan fingerprint density at radius 1 is 0.786 bits per heavy atom. The first kappa shape index (κ1) is 20.4. The molecule has 0 fully saturated rings. The number of hydrogen-bond acceptors (Lipinski definition) is 5. The van der Waals surface area contributed by atoms with Crippen molar-refractivity contribution >= 4 is 0 Å². The Morgan fingerprint density at radius 2 is 1.32 bits per heavy atom. The van der Waals surface area contributed by atoms with E-state index in [-0.39, 0.29) is 12.0 Å². The van der Waals surface area contributed by atoms with Gasteiger partial charge in [0, 0.05) is 5.92 Å². The molecule has 1 heterocycles. The molecule has 2 aromatic rings. The van der Waals surface area contributed by atoms with Gasteiger partial charge in [0.1, 0.15) is 11.5 Å². The predicted octanol–water partition coefficient (Wildman–Crippen LogP) is 4.01. The van der Waals surface area contributed by atoms with Crippen LogP contribution in [0, 0.1) is 5.92 Å². The molecule has 1 aliphatic heterocycles. The third-order valence-electron chi connectivity index (χ3n) is 4.72. The van der Waals surface area contributed by atoms with E-state index in [0.29, 0.717) is 33.0 Å². The Bertz CT molecular complexity index is 724. The van der Waals surface area contributed by atoms with Crippen LogP contribution in [0.1, 0.15) is 11.1 Å². The molecule has 0 radical (unpaired) electrons. The van der Waals surface area contributed by atoms with Crippen LogP contribution in [-0.2, 0) is 27.4 Å². The summed E-state index contributed by atoms with van der Waals surface area (Å²) in [6.07, 6.45) is 4.21. The Hall–Kier alpha value is -2.34. The molecule has 0 saturated carbocycles. The molecule has 1 aliphatic rings. The van der Waals surface area contributed by atoms with E-state index in [1.54, 1.807) is 14.2 Å². The maximum atomic E-state index is 5.91. The van der Waals surface area contributed by atoms with Gasteiger partial charge >= 0.3 is 0 Å². The summed E-state index contributed by atoms with van der Waals surface area (Å²) in [5, 5.41) is 0. The summed E-state index contributed by atoms with van der Waals surface area (Å²) in [5.74, 6) is 1.88. The van der Waals surface area contributed by atoms with Crippen molar-refractivity contribution in [1.29, 1.82) is 0 Å². The molecular formula is C23H28O5. The summed E-state index contributed by atoms with van der Waals surface area (Å²) < 4.78 is 28.0. The second-order valence-corrected chi connectivity index (χ2v) is 6.69. The SMILES string of the molecule is COc1ccc(COC[C@H]2C=CCO[C@@H]2COCc2ccc(OC)cc2)cc1. The van der Waals surface area contributed by atoms with Crippen molar-refractivity contribution in [1.82, 2.24) is 0 Å². The monoisotopic (exact) mass is 384 g/mol. The third-order valence-corrected chi connectivity index (χ3v) is 4.72. The largest absolute Gasteiger partial charge is 0.497 e. The summed E-state index contributed by atoms with van der Waals surface area (Å²) >= 11 is 0. The summed E-state index contributed by atoms with van der Waals surface area (Å²) in [6, 6.07) is 15.8. The predicted molar refractivity (Wildman–Crippen MR) is 108 cm³/mol. The fourth-order valence-corrected chi connectivity index (χ4v) is 3.04. The van der Waals surface area contributed by atoms with Crippen LogP contribution in [0.15, 0.2) is 60.7 Å². The number of ether oxygens (including phenoxy) is 5. The molecule has 0 amide bonds. The van der Waals surface area contributed by atoms with Gasteiger partial charge in [-0.2, -0.15) is 0 Å². The Labute approximate surface area is 166 Å². The molecule has 150 valence electrons. The first-order valence-corrected chi connectivity index (χ1v) is 9.48. The molecule has 0 aromatic heterocycles. The van der Waals surface area contributed by atoms with Gasteiger partial charge in [0.2, 0.25) is 0 Å². The molecule has 0 N–H and O–H groups in total. The molecular weight excluding hydrogens is 356 g/mol. The van der Waals surface area contributed by atoms with Crippen LogP contribution in [0.5, 0.6) is 11.5 Å². The van der Waals surface area contributed by atoms with Crippen molar-refractivity contribution in [3.8, 4) is 11.5 Å². The Kier molecular flexibility index (Phi) is 7.91. The zero-order valence-corrected chi connectivity index (χ0v) is 16.5. The standard InChI is InChI=1S/C23H28O5/c1-24-21-9-5-18(6-10-21)14-26-16-20-4-3-13-28-23(20)17-27-15-19-7-11-22(25-2)12-8-19/h3-12,20,23H,13-17H2,1-2H3/t20-,23-/m1/s1. The van der Waals surface area contributed by atoms with E-state index in [4.69, 9.17) is 23.7 Å². The van der Waals surface area contributed by atoms with Gasteiger partial charge in [-0.3, -0.25) is 0 Å². The van der Waals surface area contributed by atoms with Crippen LogP contribution in [0.3, 0.4) is 0 Å². The Morgan fingerprint density at radius 3 is 1.86 bits per heavy atom. The van der Waals surface area contributed by atoms with E-state index >= 15 is 0 Å². The normalized spacial score (nSPS) is 18.8. The lowest BCUT2D eigenvalue weighted by Crippen LogP contribution is -2.33. The number of rotatable bonds is 10. The van der Waals surface area contributed by atoms with Crippen LogP contribution in [0.25, 0.3) is 0 Å². The average Bonchev–Trinajstić information content (AvgIpc) is 2.76. The van der Waals surface area contributed by atoms with Gasteiger partial charge in [-0.15, -0.1) is 0 Å². The van der Waals surface area contributed by atoms with Crippen LogP contribution in [0.2, 0.25) is 0 Å². The van der Waals surface area contributed by atoms with Gasteiger partial charge in [-0.25, -0.2) is 0 Å². The van der Waals surface area contributed by atoms with Crippen LogP contribution in [-0.4, -0.2) is 40.1 Å². The van der Waals surface area contributed by atoms with Crippen molar-refractivity contribution < 1.29 is 23.7 Å². The second-order valence-electron chi connectivity index (χ2n) is 6.69. The Balaban J connectivity index is 1.42. The molecule has 2 aromatic carbocycles. The summed E-state index contributed by atoms with van der Waals surface area (Å²) in [7, 11) is 3.33. The molecule has 2 atom stereocenters. The van der Waals surface area contributed by atoms with Crippen LogP contribution >= 0.6 is 0 Å². The maximum absolute atomic E-state index is 5.91. The molecule has 28 heavy (non-hydrogen) atoms. The fourth-order valence-electron chi connectivity index (χ4n) is 3.04. The zero-order valence-electron chi connectivity index (χ0n) is 16.5. The van der Waals surface area contributed by atoms with E-state index in [1.165, 1.54) is 0 Å². The minimum absolute atomic E-state index is 0.000819. The lowest BCUT2D eigenvalue weighted by atomic mass is 10.0.